The monoisotopic (exact) mass is 264 g/mol. The molecule has 0 N–H and O–H groups in total. The zero-order valence-corrected chi connectivity index (χ0v) is 12.1. The van der Waals surface area contributed by atoms with Crippen molar-refractivity contribution in [1.82, 2.24) is 0 Å². The van der Waals surface area contributed by atoms with Gasteiger partial charge in [0.25, 0.3) is 0 Å². The first-order chi connectivity index (χ1) is 9.69. The number of pyridine rings is 1. The minimum atomic E-state index is 0.911. The van der Waals surface area contributed by atoms with Crippen molar-refractivity contribution in [1.29, 1.82) is 0 Å². The van der Waals surface area contributed by atoms with E-state index in [1.165, 1.54) is 22.2 Å². The first kappa shape index (κ1) is 12.7. The Morgan fingerprint density at radius 3 is 2.45 bits per heavy atom. The fourth-order valence-corrected chi connectivity index (χ4v) is 2.53. The number of benzene rings is 2. The van der Waals surface area contributed by atoms with Crippen LogP contribution in [0.4, 0.5) is 0 Å². The largest absolute Gasteiger partial charge is 0.496 e. The molecule has 0 fully saturated rings. The molecule has 0 bridgehead atoms. The van der Waals surface area contributed by atoms with Gasteiger partial charge < -0.3 is 4.74 Å². The molecule has 3 rings (SSSR count). The van der Waals surface area contributed by atoms with E-state index in [9.17, 15) is 0 Å². The number of hydrogen-bond donors (Lipinski definition) is 0. The summed E-state index contributed by atoms with van der Waals surface area (Å²) in [6.45, 7) is 2.11. The van der Waals surface area contributed by atoms with Gasteiger partial charge in [0.05, 0.1) is 12.5 Å². The van der Waals surface area contributed by atoms with E-state index in [-0.39, 0.29) is 0 Å². The van der Waals surface area contributed by atoms with E-state index in [0.29, 0.717) is 0 Å². The summed E-state index contributed by atoms with van der Waals surface area (Å²) >= 11 is 0. The normalized spacial score (nSPS) is 10.8. The smallest absolute Gasteiger partial charge is 0.212 e. The molecule has 0 aliphatic carbocycles. The van der Waals surface area contributed by atoms with Crippen molar-refractivity contribution in [3.63, 3.8) is 0 Å². The number of fused-ring (bicyclic) bond motifs is 1. The Bertz CT molecular complexity index is 760. The van der Waals surface area contributed by atoms with Crippen LogP contribution in [-0.2, 0) is 7.05 Å². The van der Waals surface area contributed by atoms with Crippen molar-refractivity contribution >= 4 is 10.8 Å². The highest BCUT2D eigenvalue weighted by Crippen LogP contribution is 2.27. The zero-order chi connectivity index (χ0) is 14.1. The van der Waals surface area contributed by atoms with E-state index in [1.54, 1.807) is 7.11 Å². The Labute approximate surface area is 119 Å². The molecule has 2 nitrogen and oxygen atoms in total. The van der Waals surface area contributed by atoms with Gasteiger partial charge in [0, 0.05) is 11.6 Å². The minimum Gasteiger partial charge on any atom is -0.496 e. The zero-order valence-electron chi connectivity index (χ0n) is 12.1. The summed E-state index contributed by atoms with van der Waals surface area (Å²) in [6.07, 6.45) is 2.13. The Morgan fingerprint density at radius 1 is 1.00 bits per heavy atom. The average molecular weight is 264 g/mol. The summed E-state index contributed by atoms with van der Waals surface area (Å²) in [7, 11) is 3.78. The Morgan fingerprint density at radius 2 is 1.75 bits per heavy atom. The molecule has 0 atom stereocenters. The van der Waals surface area contributed by atoms with Gasteiger partial charge in [0.2, 0.25) is 5.69 Å². The molecule has 100 valence electrons. The van der Waals surface area contributed by atoms with Crippen molar-refractivity contribution in [2.45, 2.75) is 6.92 Å². The minimum absolute atomic E-state index is 0.911. The molecule has 0 unspecified atom stereocenters. The van der Waals surface area contributed by atoms with Gasteiger partial charge in [-0.3, -0.25) is 0 Å². The molecule has 0 aliphatic heterocycles. The van der Waals surface area contributed by atoms with Crippen molar-refractivity contribution in [2.24, 2.45) is 7.05 Å². The van der Waals surface area contributed by atoms with Crippen LogP contribution in [0.1, 0.15) is 5.56 Å². The summed E-state index contributed by atoms with van der Waals surface area (Å²) < 4.78 is 7.58. The molecule has 2 aromatic carbocycles. The summed E-state index contributed by atoms with van der Waals surface area (Å²) in [5.74, 6) is 0.911. The van der Waals surface area contributed by atoms with Crippen LogP contribution >= 0.6 is 0 Å². The molecular weight excluding hydrogens is 246 g/mol. The predicted octanol–water partition coefficient (Wildman–Crippen LogP) is 3.65. The molecule has 20 heavy (non-hydrogen) atoms. The lowest BCUT2D eigenvalue weighted by atomic mass is 10.1. The molecule has 0 radical (unpaired) electrons. The molecule has 0 amide bonds. The van der Waals surface area contributed by atoms with Crippen molar-refractivity contribution in [3.05, 3.63) is 60.3 Å². The van der Waals surface area contributed by atoms with Crippen LogP contribution in [0.25, 0.3) is 22.0 Å². The van der Waals surface area contributed by atoms with E-state index in [2.05, 4.69) is 61.1 Å². The number of ether oxygens (including phenoxy) is 1. The van der Waals surface area contributed by atoms with E-state index < -0.39 is 0 Å². The van der Waals surface area contributed by atoms with Gasteiger partial charge in [-0.2, -0.15) is 0 Å². The number of nitrogens with zero attached hydrogens (tertiary/aromatic N) is 1. The van der Waals surface area contributed by atoms with Crippen LogP contribution in [-0.4, -0.2) is 7.11 Å². The number of aryl methyl sites for hydroxylation is 2. The number of rotatable bonds is 2. The third kappa shape index (κ3) is 2.14. The van der Waals surface area contributed by atoms with E-state index in [0.717, 1.165) is 11.1 Å². The average Bonchev–Trinajstić information content (AvgIpc) is 2.47. The van der Waals surface area contributed by atoms with Crippen molar-refractivity contribution < 1.29 is 9.30 Å². The third-order valence-corrected chi connectivity index (χ3v) is 3.66. The summed E-state index contributed by atoms with van der Waals surface area (Å²) in [4.78, 5) is 0. The lowest BCUT2D eigenvalue weighted by Gasteiger charge is -2.06. The second kappa shape index (κ2) is 4.97. The van der Waals surface area contributed by atoms with Gasteiger partial charge >= 0.3 is 0 Å². The molecular formula is C18H18NO+. The number of methoxy groups -OCH3 is 1. The standard InChI is InChI=1S/C18H18NO/c1-13-7-9-14(10-8-13)17-11-15-5-4-6-18(20-3)16(15)12-19(17)2/h4-12H,1-3H3/q+1. The van der Waals surface area contributed by atoms with Crippen LogP contribution in [0.2, 0.25) is 0 Å². The third-order valence-electron chi connectivity index (χ3n) is 3.66. The maximum Gasteiger partial charge on any atom is 0.212 e. The van der Waals surface area contributed by atoms with Gasteiger partial charge in [0.1, 0.15) is 12.8 Å². The van der Waals surface area contributed by atoms with Crippen LogP contribution < -0.4 is 9.30 Å². The summed E-state index contributed by atoms with van der Waals surface area (Å²) in [6, 6.07) is 17.0. The van der Waals surface area contributed by atoms with Gasteiger partial charge in [-0.05, 0) is 30.5 Å². The molecule has 1 aromatic heterocycles. The molecule has 2 heteroatoms. The van der Waals surface area contributed by atoms with Gasteiger partial charge in [-0.25, -0.2) is 4.57 Å². The van der Waals surface area contributed by atoms with Gasteiger partial charge in [-0.15, -0.1) is 0 Å². The number of aromatic nitrogens is 1. The maximum absolute atomic E-state index is 5.43. The summed E-state index contributed by atoms with van der Waals surface area (Å²) in [5.41, 5.74) is 3.70. The molecule has 0 aliphatic rings. The Kier molecular flexibility index (Phi) is 3.15. The fraction of sp³-hybridized carbons (Fsp3) is 0.167. The molecule has 1 heterocycles. The van der Waals surface area contributed by atoms with Crippen LogP contribution in [0.15, 0.2) is 54.7 Å². The van der Waals surface area contributed by atoms with Crippen LogP contribution in [0.3, 0.4) is 0 Å². The van der Waals surface area contributed by atoms with Crippen molar-refractivity contribution in [2.75, 3.05) is 7.11 Å². The van der Waals surface area contributed by atoms with Crippen LogP contribution in [0.5, 0.6) is 5.75 Å². The van der Waals surface area contributed by atoms with Gasteiger partial charge in [0.15, 0.2) is 6.20 Å². The summed E-state index contributed by atoms with van der Waals surface area (Å²) in [5, 5.41) is 2.33. The Hall–Kier alpha value is -2.35. The maximum atomic E-state index is 5.43. The molecule has 0 spiro atoms. The highest BCUT2D eigenvalue weighted by molar-refractivity contribution is 5.89. The van der Waals surface area contributed by atoms with E-state index in [4.69, 9.17) is 4.74 Å². The highest BCUT2D eigenvalue weighted by atomic mass is 16.5. The topological polar surface area (TPSA) is 13.1 Å². The van der Waals surface area contributed by atoms with E-state index >= 15 is 0 Å². The molecule has 0 saturated carbocycles. The number of hydrogen-bond acceptors (Lipinski definition) is 1. The first-order valence-corrected chi connectivity index (χ1v) is 6.72. The van der Waals surface area contributed by atoms with E-state index in [1.807, 2.05) is 12.1 Å². The predicted molar refractivity (Wildman–Crippen MR) is 81.8 cm³/mol. The van der Waals surface area contributed by atoms with Crippen LogP contribution in [0, 0.1) is 6.92 Å². The SMILES string of the molecule is COc1cccc2cc(-c3ccc(C)cc3)[n+](C)cc12. The molecule has 3 aromatic rings. The lowest BCUT2D eigenvalue weighted by Crippen LogP contribution is -2.30. The lowest BCUT2D eigenvalue weighted by molar-refractivity contribution is -0.659. The fourth-order valence-electron chi connectivity index (χ4n) is 2.53. The molecule has 0 saturated heterocycles. The Balaban J connectivity index is 2.22. The van der Waals surface area contributed by atoms with Crippen molar-refractivity contribution in [3.8, 4) is 17.0 Å². The quantitative estimate of drug-likeness (QED) is 0.644. The first-order valence-electron chi connectivity index (χ1n) is 6.72. The van der Waals surface area contributed by atoms with Gasteiger partial charge in [-0.1, -0.05) is 29.8 Å². The second-order valence-corrected chi connectivity index (χ2v) is 5.10. The highest BCUT2D eigenvalue weighted by Gasteiger charge is 2.13. The second-order valence-electron chi connectivity index (χ2n) is 5.10.